The van der Waals surface area contributed by atoms with Crippen LogP contribution in [0, 0.1) is 17.8 Å². The van der Waals surface area contributed by atoms with Gasteiger partial charge in [0.05, 0.1) is 6.61 Å². The number of hydrogen-bond donors (Lipinski definition) is 0. The van der Waals surface area contributed by atoms with Crippen molar-refractivity contribution in [2.45, 2.75) is 47.0 Å². The summed E-state index contributed by atoms with van der Waals surface area (Å²) in [7, 11) is 0. The molecule has 2 heteroatoms. The van der Waals surface area contributed by atoms with Crippen LogP contribution in [0.15, 0.2) is 0 Å². The van der Waals surface area contributed by atoms with Crippen molar-refractivity contribution >= 4 is 0 Å². The molecule has 0 spiro atoms. The summed E-state index contributed by atoms with van der Waals surface area (Å²) in [6, 6.07) is 0. The van der Waals surface area contributed by atoms with Crippen molar-refractivity contribution in [2.75, 3.05) is 32.8 Å². The molecule has 0 aliphatic carbocycles. The van der Waals surface area contributed by atoms with Gasteiger partial charge in [0.1, 0.15) is 0 Å². The molecular formula is C15H31NO. The Hall–Kier alpha value is -0.0800. The molecule has 0 aromatic carbocycles. The minimum atomic E-state index is 0.799. The van der Waals surface area contributed by atoms with E-state index >= 15 is 0 Å². The SMILES string of the molecule is CCC(C)CCCOCC1CN(CC(C)C)C1. The van der Waals surface area contributed by atoms with Crippen molar-refractivity contribution in [1.29, 1.82) is 0 Å². The van der Waals surface area contributed by atoms with Crippen molar-refractivity contribution in [3.8, 4) is 0 Å². The molecule has 1 aliphatic rings. The summed E-state index contributed by atoms with van der Waals surface area (Å²) in [5.74, 6) is 2.47. The summed E-state index contributed by atoms with van der Waals surface area (Å²) in [6.07, 6.45) is 3.85. The summed E-state index contributed by atoms with van der Waals surface area (Å²) in [5.41, 5.74) is 0. The molecule has 0 aromatic rings. The normalized spacial score (nSPS) is 19.6. The third-order valence-corrected chi connectivity index (χ3v) is 3.69. The smallest absolute Gasteiger partial charge is 0.0518 e. The summed E-state index contributed by atoms with van der Waals surface area (Å²) in [4.78, 5) is 2.54. The van der Waals surface area contributed by atoms with E-state index in [-0.39, 0.29) is 0 Å². The van der Waals surface area contributed by atoms with Crippen LogP contribution in [0.2, 0.25) is 0 Å². The third-order valence-electron chi connectivity index (χ3n) is 3.69. The van der Waals surface area contributed by atoms with Gasteiger partial charge < -0.3 is 9.64 Å². The van der Waals surface area contributed by atoms with Gasteiger partial charge >= 0.3 is 0 Å². The maximum Gasteiger partial charge on any atom is 0.0518 e. The minimum Gasteiger partial charge on any atom is -0.381 e. The average Bonchev–Trinajstić information content (AvgIpc) is 2.23. The zero-order valence-electron chi connectivity index (χ0n) is 12.2. The fourth-order valence-corrected chi connectivity index (χ4v) is 2.44. The van der Waals surface area contributed by atoms with Crippen LogP contribution in [0.5, 0.6) is 0 Å². The van der Waals surface area contributed by atoms with Crippen molar-refractivity contribution in [1.82, 2.24) is 4.90 Å². The predicted octanol–water partition coefficient (Wildman–Crippen LogP) is 3.42. The van der Waals surface area contributed by atoms with Gasteiger partial charge in [-0.05, 0) is 24.7 Å². The maximum atomic E-state index is 5.76. The van der Waals surface area contributed by atoms with Crippen LogP contribution < -0.4 is 0 Å². The second kappa shape index (κ2) is 8.10. The van der Waals surface area contributed by atoms with Gasteiger partial charge in [-0.2, -0.15) is 0 Å². The summed E-state index contributed by atoms with van der Waals surface area (Å²) >= 11 is 0. The number of hydrogen-bond acceptors (Lipinski definition) is 2. The Kier molecular flexibility index (Phi) is 7.14. The van der Waals surface area contributed by atoms with Crippen LogP contribution in [-0.2, 0) is 4.74 Å². The van der Waals surface area contributed by atoms with E-state index < -0.39 is 0 Å². The van der Waals surface area contributed by atoms with Crippen molar-refractivity contribution < 1.29 is 4.74 Å². The lowest BCUT2D eigenvalue weighted by molar-refractivity contribution is 0.00798. The Morgan fingerprint density at radius 1 is 1.24 bits per heavy atom. The molecule has 1 rings (SSSR count). The van der Waals surface area contributed by atoms with Gasteiger partial charge in [-0.3, -0.25) is 0 Å². The lowest BCUT2D eigenvalue weighted by Gasteiger charge is -2.40. The molecule has 1 heterocycles. The largest absolute Gasteiger partial charge is 0.381 e. The molecular weight excluding hydrogens is 210 g/mol. The lowest BCUT2D eigenvalue weighted by atomic mass is 9.99. The molecule has 1 fully saturated rings. The fraction of sp³-hybridized carbons (Fsp3) is 1.00. The number of rotatable bonds is 9. The first-order chi connectivity index (χ1) is 8.11. The van der Waals surface area contributed by atoms with Crippen LogP contribution in [0.4, 0.5) is 0 Å². The topological polar surface area (TPSA) is 12.5 Å². The Bertz CT molecular complexity index is 187. The summed E-state index contributed by atoms with van der Waals surface area (Å²) in [5, 5.41) is 0. The quantitative estimate of drug-likeness (QED) is 0.574. The highest BCUT2D eigenvalue weighted by atomic mass is 16.5. The van der Waals surface area contributed by atoms with Crippen molar-refractivity contribution in [3.63, 3.8) is 0 Å². The minimum absolute atomic E-state index is 0.799. The van der Waals surface area contributed by atoms with Gasteiger partial charge in [0.25, 0.3) is 0 Å². The van der Waals surface area contributed by atoms with Gasteiger partial charge in [0.2, 0.25) is 0 Å². The lowest BCUT2D eigenvalue weighted by Crippen LogP contribution is -2.49. The Labute approximate surface area is 108 Å². The zero-order chi connectivity index (χ0) is 12.7. The van der Waals surface area contributed by atoms with E-state index in [1.807, 2.05) is 0 Å². The number of nitrogens with zero attached hydrogens (tertiary/aromatic N) is 1. The first kappa shape index (κ1) is 15.0. The number of likely N-dealkylation sites (tertiary alicyclic amines) is 1. The van der Waals surface area contributed by atoms with Crippen LogP contribution in [0.1, 0.15) is 47.0 Å². The Balaban J connectivity index is 1.86. The van der Waals surface area contributed by atoms with Crippen molar-refractivity contribution in [2.24, 2.45) is 17.8 Å². The van der Waals surface area contributed by atoms with Crippen LogP contribution in [0.25, 0.3) is 0 Å². The van der Waals surface area contributed by atoms with Gasteiger partial charge in [-0.1, -0.05) is 34.1 Å². The maximum absolute atomic E-state index is 5.76. The van der Waals surface area contributed by atoms with E-state index in [1.54, 1.807) is 0 Å². The van der Waals surface area contributed by atoms with E-state index in [0.29, 0.717) is 0 Å². The molecule has 0 N–H and O–H groups in total. The predicted molar refractivity (Wildman–Crippen MR) is 74.3 cm³/mol. The van der Waals surface area contributed by atoms with E-state index in [2.05, 4.69) is 32.6 Å². The standard InChI is InChI=1S/C15H31NO/c1-5-14(4)7-6-8-17-12-15-10-16(11-15)9-13(2)3/h13-15H,5-12H2,1-4H3. The molecule has 17 heavy (non-hydrogen) atoms. The van der Waals surface area contributed by atoms with E-state index in [4.69, 9.17) is 4.74 Å². The second-order valence-electron chi connectivity index (χ2n) is 6.21. The highest BCUT2D eigenvalue weighted by Crippen LogP contribution is 2.17. The fourth-order valence-electron chi connectivity index (χ4n) is 2.44. The molecule has 0 aromatic heterocycles. The van der Waals surface area contributed by atoms with Gasteiger partial charge in [-0.15, -0.1) is 0 Å². The van der Waals surface area contributed by atoms with Gasteiger partial charge in [0, 0.05) is 32.2 Å². The Morgan fingerprint density at radius 2 is 1.94 bits per heavy atom. The average molecular weight is 241 g/mol. The van der Waals surface area contributed by atoms with Crippen LogP contribution >= 0.6 is 0 Å². The molecule has 2 nitrogen and oxygen atoms in total. The van der Waals surface area contributed by atoms with Crippen LogP contribution in [0.3, 0.4) is 0 Å². The van der Waals surface area contributed by atoms with E-state index in [0.717, 1.165) is 31.0 Å². The molecule has 1 aliphatic heterocycles. The molecule has 0 saturated carbocycles. The monoisotopic (exact) mass is 241 g/mol. The van der Waals surface area contributed by atoms with Gasteiger partial charge in [-0.25, -0.2) is 0 Å². The van der Waals surface area contributed by atoms with Crippen LogP contribution in [-0.4, -0.2) is 37.7 Å². The highest BCUT2D eigenvalue weighted by Gasteiger charge is 2.26. The van der Waals surface area contributed by atoms with Crippen molar-refractivity contribution in [3.05, 3.63) is 0 Å². The first-order valence-electron chi connectivity index (χ1n) is 7.41. The third kappa shape index (κ3) is 6.42. The van der Waals surface area contributed by atoms with E-state index in [9.17, 15) is 0 Å². The molecule has 0 amide bonds. The van der Waals surface area contributed by atoms with Gasteiger partial charge in [0.15, 0.2) is 0 Å². The molecule has 1 atom stereocenters. The second-order valence-corrected chi connectivity index (χ2v) is 6.21. The Morgan fingerprint density at radius 3 is 2.53 bits per heavy atom. The molecule has 0 radical (unpaired) electrons. The molecule has 0 bridgehead atoms. The summed E-state index contributed by atoms with van der Waals surface area (Å²) < 4.78 is 5.76. The molecule has 1 unspecified atom stereocenters. The number of ether oxygens (including phenoxy) is 1. The zero-order valence-corrected chi connectivity index (χ0v) is 12.2. The first-order valence-corrected chi connectivity index (χ1v) is 7.41. The molecule has 1 saturated heterocycles. The highest BCUT2D eigenvalue weighted by molar-refractivity contribution is 4.79. The molecule has 102 valence electrons. The summed E-state index contributed by atoms with van der Waals surface area (Å²) in [6.45, 7) is 14.9. The van der Waals surface area contributed by atoms with E-state index in [1.165, 1.54) is 38.9 Å².